The van der Waals surface area contributed by atoms with Crippen molar-refractivity contribution in [1.29, 1.82) is 0 Å². The van der Waals surface area contributed by atoms with Crippen molar-refractivity contribution in [3.8, 4) is 22.1 Å². The fraction of sp³-hybridized carbons (Fsp3) is 0.0714. The van der Waals surface area contributed by atoms with Crippen LogP contribution in [0.1, 0.15) is 5.89 Å². The number of tetrazole rings is 1. The van der Waals surface area contributed by atoms with Crippen LogP contribution in [0, 0.1) is 0 Å². The Bertz CT molecular complexity index is 932. The van der Waals surface area contributed by atoms with Gasteiger partial charge in [-0.2, -0.15) is 9.78 Å². The minimum Gasteiger partial charge on any atom is -0.337 e. The number of aromatic nitrogens is 6. The van der Waals surface area contributed by atoms with Gasteiger partial charge >= 0.3 is 0 Å². The van der Waals surface area contributed by atoms with Crippen LogP contribution in [0.25, 0.3) is 22.1 Å². The Balaban J connectivity index is 1.54. The summed E-state index contributed by atoms with van der Waals surface area (Å²) in [6.45, 7) is 0.277. The molecule has 3 aromatic heterocycles. The summed E-state index contributed by atoms with van der Waals surface area (Å²) in [5, 5.41) is 18.3. The van der Waals surface area contributed by atoms with Crippen LogP contribution in [0.5, 0.6) is 0 Å². The Morgan fingerprint density at radius 2 is 2.13 bits per heavy atom. The molecular weight excluding hydrogens is 380 g/mol. The van der Waals surface area contributed by atoms with Crippen LogP contribution in [0.15, 0.2) is 50.8 Å². The summed E-state index contributed by atoms with van der Waals surface area (Å²) in [7, 11) is 0. The highest BCUT2D eigenvalue weighted by atomic mass is 79.9. The second-order valence-corrected chi connectivity index (χ2v) is 6.51. The number of benzene rings is 1. The van der Waals surface area contributed by atoms with E-state index < -0.39 is 0 Å². The van der Waals surface area contributed by atoms with Gasteiger partial charge < -0.3 is 4.52 Å². The molecule has 0 atom stereocenters. The molecule has 23 heavy (non-hydrogen) atoms. The molecule has 0 saturated carbocycles. The molecular formula is C14H9BrN6OS. The average molecular weight is 389 g/mol. The lowest BCUT2D eigenvalue weighted by Gasteiger charge is -1.94. The van der Waals surface area contributed by atoms with E-state index >= 15 is 0 Å². The molecule has 4 aromatic rings. The van der Waals surface area contributed by atoms with Crippen LogP contribution >= 0.6 is 27.3 Å². The van der Waals surface area contributed by atoms with E-state index in [9.17, 15) is 0 Å². The first kappa shape index (κ1) is 14.2. The van der Waals surface area contributed by atoms with E-state index in [1.165, 1.54) is 4.80 Å². The highest BCUT2D eigenvalue weighted by Crippen LogP contribution is 2.21. The zero-order valence-electron chi connectivity index (χ0n) is 11.6. The van der Waals surface area contributed by atoms with E-state index in [1.807, 2.05) is 41.8 Å². The minimum atomic E-state index is 0.277. The van der Waals surface area contributed by atoms with E-state index in [-0.39, 0.29) is 6.54 Å². The first-order chi connectivity index (χ1) is 11.3. The summed E-state index contributed by atoms with van der Waals surface area (Å²) in [5.74, 6) is 1.54. The van der Waals surface area contributed by atoms with E-state index in [4.69, 9.17) is 4.52 Å². The van der Waals surface area contributed by atoms with Crippen molar-refractivity contribution >= 4 is 27.3 Å². The summed E-state index contributed by atoms with van der Waals surface area (Å²) in [4.78, 5) is 6.77. The smallest absolute Gasteiger partial charge is 0.250 e. The molecule has 0 aliphatic carbocycles. The molecule has 114 valence electrons. The fourth-order valence-electron chi connectivity index (χ4n) is 2.00. The number of rotatable bonds is 4. The van der Waals surface area contributed by atoms with Crippen LogP contribution in [0.2, 0.25) is 0 Å². The van der Waals surface area contributed by atoms with Crippen molar-refractivity contribution < 1.29 is 4.52 Å². The van der Waals surface area contributed by atoms with Crippen LogP contribution < -0.4 is 0 Å². The molecule has 3 heterocycles. The molecule has 0 fully saturated rings. The normalized spacial score (nSPS) is 11.0. The molecule has 0 spiro atoms. The fourth-order valence-corrected chi connectivity index (χ4v) is 3.05. The zero-order valence-corrected chi connectivity index (χ0v) is 14.0. The van der Waals surface area contributed by atoms with Gasteiger partial charge in [-0.25, -0.2) is 0 Å². The van der Waals surface area contributed by atoms with Crippen LogP contribution in [0.3, 0.4) is 0 Å². The number of hydrogen-bond acceptors (Lipinski definition) is 7. The zero-order chi connectivity index (χ0) is 15.6. The quantitative estimate of drug-likeness (QED) is 0.533. The van der Waals surface area contributed by atoms with Crippen LogP contribution in [0.4, 0.5) is 0 Å². The molecule has 0 radical (unpaired) electrons. The Morgan fingerprint density at radius 3 is 2.96 bits per heavy atom. The number of thiophene rings is 1. The monoisotopic (exact) mass is 388 g/mol. The lowest BCUT2D eigenvalue weighted by Crippen LogP contribution is -2.04. The first-order valence-electron chi connectivity index (χ1n) is 6.68. The third-order valence-electron chi connectivity index (χ3n) is 3.02. The van der Waals surface area contributed by atoms with Crippen molar-refractivity contribution in [3.63, 3.8) is 0 Å². The molecule has 7 nitrogen and oxygen atoms in total. The summed E-state index contributed by atoms with van der Waals surface area (Å²) < 4.78 is 6.22. The van der Waals surface area contributed by atoms with Crippen molar-refractivity contribution in [3.05, 3.63) is 52.1 Å². The van der Waals surface area contributed by atoms with Gasteiger partial charge in [-0.1, -0.05) is 39.3 Å². The summed E-state index contributed by atoms with van der Waals surface area (Å²) in [6, 6.07) is 11.6. The van der Waals surface area contributed by atoms with Gasteiger partial charge in [0.1, 0.15) is 6.54 Å². The predicted molar refractivity (Wildman–Crippen MR) is 87.7 cm³/mol. The van der Waals surface area contributed by atoms with Crippen molar-refractivity contribution in [2.24, 2.45) is 0 Å². The maximum atomic E-state index is 5.26. The van der Waals surface area contributed by atoms with Gasteiger partial charge in [0.15, 0.2) is 0 Å². The molecule has 0 unspecified atom stereocenters. The molecule has 0 aliphatic heterocycles. The van der Waals surface area contributed by atoms with Crippen molar-refractivity contribution in [2.75, 3.05) is 0 Å². The van der Waals surface area contributed by atoms with Crippen molar-refractivity contribution in [2.45, 2.75) is 6.54 Å². The van der Waals surface area contributed by atoms with Gasteiger partial charge in [0.25, 0.3) is 5.89 Å². The lowest BCUT2D eigenvalue weighted by molar-refractivity contribution is 0.356. The van der Waals surface area contributed by atoms with E-state index in [0.717, 1.165) is 14.9 Å². The van der Waals surface area contributed by atoms with Gasteiger partial charge in [0.05, 0.1) is 4.88 Å². The summed E-state index contributed by atoms with van der Waals surface area (Å²) >= 11 is 4.99. The summed E-state index contributed by atoms with van der Waals surface area (Å²) in [6.07, 6.45) is 0. The third kappa shape index (κ3) is 3.06. The number of hydrogen-bond donors (Lipinski definition) is 0. The van der Waals surface area contributed by atoms with E-state index in [2.05, 4.69) is 41.5 Å². The summed E-state index contributed by atoms with van der Waals surface area (Å²) in [5.41, 5.74) is 0.875. The highest BCUT2D eigenvalue weighted by Gasteiger charge is 2.12. The van der Waals surface area contributed by atoms with Gasteiger partial charge in [-0.3, -0.25) is 0 Å². The molecule has 0 bridgehead atoms. The van der Waals surface area contributed by atoms with Gasteiger partial charge in [-0.15, -0.1) is 21.5 Å². The van der Waals surface area contributed by atoms with Gasteiger partial charge in [0, 0.05) is 10.0 Å². The second-order valence-electron chi connectivity index (χ2n) is 4.64. The van der Waals surface area contributed by atoms with Gasteiger partial charge in [-0.05, 0) is 28.8 Å². The first-order valence-corrected chi connectivity index (χ1v) is 8.35. The van der Waals surface area contributed by atoms with E-state index in [0.29, 0.717) is 17.5 Å². The Morgan fingerprint density at radius 1 is 1.17 bits per heavy atom. The largest absolute Gasteiger partial charge is 0.337 e. The Kier molecular flexibility index (Phi) is 3.72. The standard InChI is InChI=1S/C14H9BrN6OS/c15-10-4-1-3-9(7-10)13-16-12(22-19-13)8-21-18-14(17-20-21)11-5-2-6-23-11/h1-7H,8H2. The van der Waals surface area contributed by atoms with Gasteiger partial charge in [0.2, 0.25) is 11.6 Å². The third-order valence-corrected chi connectivity index (χ3v) is 4.38. The van der Waals surface area contributed by atoms with Crippen molar-refractivity contribution in [1.82, 2.24) is 30.3 Å². The number of nitrogens with zero attached hydrogens (tertiary/aromatic N) is 6. The SMILES string of the molecule is Brc1cccc(-c2noc(Cn3nnc(-c4cccs4)n3)n2)c1. The molecule has 0 amide bonds. The highest BCUT2D eigenvalue weighted by molar-refractivity contribution is 9.10. The molecule has 1 aromatic carbocycles. The maximum Gasteiger partial charge on any atom is 0.250 e. The Labute approximate surface area is 143 Å². The maximum absolute atomic E-state index is 5.26. The Hall–Kier alpha value is -2.39. The molecule has 0 aliphatic rings. The van der Waals surface area contributed by atoms with Crippen LogP contribution in [-0.4, -0.2) is 30.3 Å². The predicted octanol–water partition coefficient (Wildman–Crippen LogP) is 3.26. The molecule has 0 N–H and O–H groups in total. The molecule has 4 rings (SSSR count). The average Bonchev–Trinajstić information content (AvgIpc) is 3.29. The van der Waals surface area contributed by atoms with E-state index in [1.54, 1.807) is 11.3 Å². The number of halogens is 1. The van der Waals surface area contributed by atoms with Crippen LogP contribution in [-0.2, 0) is 6.54 Å². The lowest BCUT2D eigenvalue weighted by atomic mass is 10.2. The molecule has 9 heteroatoms. The molecule has 0 saturated heterocycles. The minimum absolute atomic E-state index is 0.277. The topological polar surface area (TPSA) is 82.5 Å². The second kappa shape index (κ2) is 6.01.